The first-order chi connectivity index (χ1) is 44.6. The highest BCUT2D eigenvalue weighted by Gasteiger charge is 2.26. The van der Waals surface area contributed by atoms with Crippen LogP contribution in [-0.4, -0.2) is 220 Å². The Hall–Kier alpha value is -5.32. The summed E-state index contributed by atoms with van der Waals surface area (Å²) in [6, 6.07) is 36.6. The molecule has 0 aliphatic rings. The third-order valence-corrected chi connectivity index (χ3v) is 17.3. The van der Waals surface area contributed by atoms with Gasteiger partial charge in [0.05, 0.1) is 102 Å². The Morgan fingerprint density at radius 1 is 0.298 bits per heavy atom. The summed E-state index contributed by atoms with van der Waals surface area (Å²) in [6.07, 6.45) is 13.0. The molecule has 0 spiro atoms. The van der Waals surface area contributed by atoms with Crippen LogP contribution in [0.25, 0.3) is 0 Å². The number of ether oxygens (including phenoxy) is 4. The summed E-state index contributed by atoms with van der Waals surface area (Å²) in [5, 5.41) is 0.685. The maximum absolute atomic E-state index is 12.0. The smallest absolute Gasteiger partial charge is 0.338 e. The third-order valence-electron chi connectivity index (χ3n) is 15.0. The molecule has 0 aliphatic carbocycles. The van der Waals surface area contributed by atoms with E-state index >= 15 is 0 Å². The third kappa shape index (κ3) is 51.9. The van der Waals surface area contributed by atoms with E-state index in [9.17, 15) is 38.4 Å². The van der Waals surface area contributed by atoms with E-state index in [1.165, 1.54) is 92.2 Å². The molecule has 1 atom stereocenters. The van der Waals surface area contributed by atoms with E-state index in [2.05, 4.69) is 83.5 Å². The summed E-state index contributed by atoms with van der Waals surface area (Å²) in [4.78, 5) is 86.2. The SMILES string of the molecule is CCCC[N+](CC)(CCC)CCOC(=O)c1ccccc1.CCC[N+](CC)(CCC)CCOC(=O)c1ccccc1.CC[N+](CC)(CC)CCOC(=O)c1ccccc1.CSC(C)=O.CSC(C)=O.CSC(C)=O.CSC(C)=O.C[N+](C)(C)CCOC(=O)c1ccccc1. The number of hydrogen-bond acceptors (Lipinski definition) is 16. The van der Waals surface area contributed by atoms with Gasteiger partial charge in [0.1, 0.15) is 52.6 Å². The number of thioether (sulfide) groups is 4. The van der Waals surface area contributed by atoms with E-state index in [0.29, 0.717) is 48.7 Å². The van der Waals surface area contributed by atoms with Crippen molar-refractivity contribution < 1.29 is 75.2 Å². The molecule has 0 aromatic heterocycles. The summed E-state index contributed by atoms with van der Waals surface area (Å²) >= 11 is 4.96. The number of esters is 4. The summed E-state index contributed by atoms with van der Waals surface area (Å²) in [6.45, 7) is 41.7. The molecule has 4 rings (SSSR count). The number of likely N-dealkylation sites (N-methyl/N-ethyl adjacent to an activating group) is 4. The van der Waals surface area contributed by atoms with Crippen molar-refractivity contribution in [2.24, 2.45) is 0 Å². The van der Waals surface area contributed by atoms with Crippen molar-refractivity contribution in [1.29, 1.82) is 0 Å². The second-order valence-corrected chi connectivity index (χ2v) is 26.8. The van der Waals surface area contributed by atoms with Gasteiger partial charge >= 0.3 is 23.9 Å². The van der Waals surface area contributed by atoms with Gasteiger partial charge in [0.25, 0.3) is 0 Å². The second kappa shape index (κ2) is 60.1. The first-order valence-corrected chi connectivity index (χ1v) is 37.9. The number of benzene rings is 4. The summed E-state index contributed by atoms with van der Waals surface area (Å²) in [5.74, 6) is -0.898. The summed E-state index contributed by atoms with van der Waals surface area (Å²) in [7, 11) is 6.20. The van der Waals surface area contributed by atoms with Gasteiger partial charge in [0, 0.05) is 27.7 Å². The van der Waals surface area contributed by atoms with Crippen LogP contribution in [-0.2, 0) is 38.1 Å². The van der Waals surface area contributed by atoms with Crippen molar-refractivity contribution in [3.63, 3.8) is 0 Å². The molecule has 532 valence electrons. The number of hydrogen-bond donors (Lipinski definition) is 0. The van der Waals surface area contributed by atoms with Gasteiger partial charge in [-0.2, -0.15) is 0 Å². The van der Waals surface area contributed by atoms with Crippen molar-refractivity contribution in [2.75, 3.05) is 158 Å². The quantitative estimate of drug-likeness (QED) is 0.0274. The molecule has 1 unspecified atom stereocenters. The van der Waals surface area contributed by atoms with E-state index < -0.39 is 0 Å². The lowest BCUT2D eigenvalue weighted by Crippen LogP contribution is -2.51. The van der Waals surface area contributed by atoms with Crippen molar-refractivity contribution in [3.05, 3.63) is 144 Å². The maximum Gasteiger partial charge on any atom is 0.338 e. The Kier molecular flexibility index (Phi) is 60.8. The van der Waals surface area contributed by atoms with E-state index in [1.807, 2.05) is 72.8 Å². The number of quaternary nitrogens is 4. The maximum atomic E-state index is 12.0. The average molecular weight is 1390 g/mol. The Morgan fingerprint density at radius 2 is 0.500 bits per heavy atom. The molecule has 0 heterocycles. The lowest BCUT2D eigenvalue weighted by atomic mass is 10.2. The molecule has 0 saturated carbocycles. The summed E-state index contributed by atoms with van der Waals surface area (Å²) < 4.78 is 25.3. The van der Waals surface area contributed by atoms with Gasteiger partial charge in [-0.05, 0) is 134 Å². The number of rotatable bonds is 30. The molecule has 0 fully saturated rings. The van der Waals surface area contributed by atoms with E-state index in [-0.39, 0.29) is 44.3 Å². The lowest BCUT2D eigenvalue weighted by Gasteiger charge is -2.37. The van der Waals surface area contributed by atoms with Crippen LogP contribution in [0, 0.1) is 0 Å². The minimum atomic E-state index is -0.246. The van der Waals surface area contributed by atoms with Gasteiger partial charge in [0.2, 0.25) is 0 Å². The monoisotopic (exact) mass is 1390 g/mol. The number of nitrogens with zero attached hydrogens (tertiary/aromatic N) is 4. The Bertz CT molecular complexity index is 2510. The van der Waals surface area contributed by atoms with E-state index in [4.69, 9.17) is 18.9 Å². The topological polar surface area (TPSA) is 173 Å². The molecule has 0 saturated heterocycles. The molecule has 0 aliphatic heterocycles. The number of carbonyl (C=O) groups excluding carboxylic acids is 8. The normalized spacial score (nSPS) is 11.0. The minimum absolute atomic E-state index is 0.171. The van der Waals surface area contributed by atoms with Crippen molar-refractivity contribution in [3.8, 4) is 0 Å². The molecule has 20 heteroatoms. The van der Waals surface area contributed by atoms with Gasteiger partial charge in [-0.15, -0.1) is 0 Å². The van der Waals surface area contributed by atoms with Gasteiger partial charge in [0.15, 0.2) is 20.5 Å². The molecule has 0 N–H and O–H groups in total. The molecular formula is C74H124N4O12S4+4. The number of carbonyl (C=O) groups is 8. The highest BCUT2D eigenvalue weighted by molar-refractivity contribution is 8.13. The Labute approximate surface area is 586 Å². The zero-order valence-corrected chi connectivity index (χ0v) is 64.7. The lowest BCUT2D eigenvalue weighted by molar-refractivity contribution is -0.926. The molecule has 4 aromatic rings. The largest absolute Gasteiger partial charge is 0.456 e. The fourth-order valence-corrected chi connectivity index (χ4v) is 8.72. The minimum Gasteiger partial charge on any atom is -0.456 e. The van der Waals surface area contributed by atoms with Crippen LogP contribution in [0.15, 0.2) is 121 Å². The second-order valence-electron chi connectivity index (χ2n) is 22.8. The van der Waals surface area contributed by atoms with Crippen LogP contribution in [0.2, 0.25) is 0 Å². The zero-order chi connectivity index (χ0) is 72.3. The Morgan fingerprint density at radius 3 is 0.681 bits per heavy atom. The molecule has 0 bridgehead atoms. The summed E-state index contributed by atoms with van der Waals surface area (Å²) in [5.41, 5.74) is 2.50. The van der Waals surface area contributed by atoms with Crippen molar-refractivity contribution in [2.45, 2.75) is 122 Å². The van der Waals surface area contributed by atoms with E-state index in [1.54, 1.807) is 101 Å². The first kappa shape index (κ1) is 95.1. The van der Waals surface area contributed by atoms with Gasteiger partial charge in [-0.3, -0.25) is 19.2 Å². The van der Waals surface area contributed by atoms with E-state index in [0.717, 1.165) is 89.9 Å². The number of unbranched alkanes of at least 4 members (excludes halogenated alkanes) is 1. The first-order valence-electron chi connectivity index (χ1n) is 33.0. The highest BCUT2D eigenvalue weighted by Crippen LogP contribution is 2.14. The molecular weight excluding hydrogens is 1270 g/mol. The predicted molar refractivity (Wildman–Crippen MR) is 400 cm³/mol. The van der Waals surface area contributed by atoms with Crippen molar-refractivity contribution >= 4 is 91.4 Å². The van der Waals surface area contributed by atoms with Crippen LogP contribution in [0.1, 0.15) is 164 Å². The van der Waals surface area contributed by atoms with Gasteiger partial charge < -0.3 is 36.9 Å². The molecule has 4 aromatic carbocycles. The van der Waals surface area contributed by atoms with Crippen LogP contribution < -0.4 is 0 Å². The van der Waals surface area contributed by atoms with Crippen LogP contribution in [0.3, 0.4) is 0 Å². The molecule has 0 amide bonds. The molecule has 94 heavy (non-hydrogen) atoms. The molecule has 16 nitrogen and oxygen atoms in total. The van der Waals surface area contributed by atoms with Crippen LogP contribution in [0.5, 0.6) is 0 Å². The van der Waals surface area contributed by atoms with Crippen molar-refractivity contribution in [1.82, 2.24) is 0 Å². The highest BCUT2D eigenvalue weighted by atomic mass is 32.2. The molecule has 0 radical (unpaired) electrons. The predicted octanol–water partition coefficient (Wildman–Crippen LogP) is 15.2. The fourth-order valence-electron chi connectivity index (χ4n) is 8.72. The standard InChI is InChI=1S/C18H30NO2.C17H28NO2.C15H24NO2.C12H18NO2.4C3H6OS/c1-4-7-14-19(6-3,13-5-2)15-16-21-18(20)17-11-9-8-10-12-17;1-4-12-18(6-3,13-5-2)14-15-20-17(19)16-10-8-7-9-11-16;1-4-16(5-2,6-3)12-13-18-15(17)14-10-8-7-9-11-14;1-13(2,3)9-10-15-12(14)11-7-5-4-6-8-11;4*1-3(4)5-2/h8-12H,4-7,13-16H2,1-3H3;7-11H,4-6,12-15H2,1-3H3;7-11H,4-6,12-13H2,1-3H3;4-8H,9-10H2,1-3H3;4*1-2H3/q4*+1;;;;. The van der Waals surface area contributed by atoms with Gasteiger partial charge in [-0.1, -0.05) is 154 Å². The van der Waals surface area contributed by atoms with Crippen LogP contribution in [0.4, 0.5) is 0 Å². The Balaban J connectivity index is -0.000000524. The fraction of sp³-hybridized carbons (Fsp3) is 0.568. The van der Waals surface area contributed by atoms with Gasteiger partial charge in [-0.25, -0.2) is 19.2 Å². The zero-order valence-electron chi connectivity index (χ0n) is 61.4. The average Bonchev–Trinajstić information content (AvgIpc) is 1.12. The van der Waals surface area contributed by atoms with Crippen LogP contribution >= 0.6 is 47.0 Å².